The number of anilines is 2. The first-order valence-electron chi connectivity index (χ1n) is 14.9. The number of amides is 1. The molecule has 1 fully saturated rings. The largest absolute Gasteiger partial charge is 0.490 e. The topological polar surface area (TPSA) is 148 Å². The molecule has 2 atom stereocenters. The van der Waals surface area contributed by atoms with Gasteiger partial charge in [0.25, 0.3) is 5.91 Å². The molecule has 7 rings (SSSR count). The van der Waals surface area contributed by atoms with E-state index in [1.54, 1.807) is 9.58 Å². The van der Waals surface area contributed by atoms with Gasteiger partial charge >= 0.3 is 12.1 Å². The maximum absolute atomic E-state index is 13.6. The summed E-state index contributed by atoms with van der Waals surface area (Å²) in [5, 5.41) is 18.7. The zero-order valence-corrected chi connectivity index (χ0v) is 26.1. The lowest BCUT2D eigenvalue weighted by molar-refractivity contribution is -0.192. The summed E-state index contributed by atoms with van der Waals surface area (Å²) in [6, 6.07) is 15.1. The first-order valence-corrected chi connectivity index (χ1v) is 14.9. The van der Waals surface area contributed by atoms with Crippen molar-refractivity contribution in [2.75, 3.05) is 5.32 Å². The number of aliphatic carboxylic acids is 1. The highest BCUT2D eigenvalue weighted by Gasteiger charge is 2.41. The van der Waals surface area contributed by atoms with Crippen LogP contribution in [0.2, 0.25) is 0 Å². The van der Waals surface area contributed by atoms with E-state index in [2.05, 4.69) is 32.2 Å². The number of alkyl halides is 3. The van der Waals surface area contributed by atoms with Gasteiger partial charge in [-0.1, -0.05) is 17.9 Å². The van der Waals surface area contributed by atoms with Crippen LogP contribution in [-0.4, -0.2) is 70.1 Å². The number of pyridine rings is 1. The molecule has 5 heterocycles. The molecule has 16 heteroatoms. The third-order valence-corrected chi connectivity index (χ3v) is 8.16. The Kier molecular flexibility index (Phi) is 8.71. The molecule has 12 nitrogen and oxygen atoms in total. The van der Waals surface area contributed by atoms with Crippen LogP contribution in [0.1, 0.15) is 30.5 Å². The Morgan fingerprint density at radius 3 is 2.53 bits per heavy atom. The van der Waals surface area contributed by atoms with Crippen LogP contribution >= 0.6 is 0 Å². The van der Waals surface area contributed by atoms with Gasteiger partial charge in [-0.15, -0.1) is 5.10 Å². The fourth-order valence-corrected chi connectivity index (χ4v) is 5.88. The highest BCUT2D eigenvalue weighted by Crippen LogP contribution is 2.39. The molecule has 1 amide bonds. The second-order valence-corrected chi connectivity index (χ2v) is 11.5. The van der Waals surface area contributed by atoms with E-state index < -0.39 is 23.9 Å². The number of carbonyl (C=O) groups excluding carboxylic acids is 1. The zero-order chi connectivity index (χ0) is 35.0. The van der Waals surface area contributed by atoms with E-state index in [1.807, 2.05) is 68.6 Å². The molecule has 3 aromatic heterocycles. The standard InChI is InChI=1S/C31H27FN8O2.C2HF3O2/c1-17-12-20(4-11-28(17)42-23-7-10-27-26(15-23)37-38-39(27)3)35-30-29-25(33-16-34-30)9-8-24(36-29)19-13-21-5-6-22(14-19)40(21)31(41)18(2)32;3-2(4,5)1(6)7/h4,7-13,15-16,21-22H,2,5-6,14H2,1,3H3,(H,33,34,35);(H,6,7). The fraction of sp³-hybridized carbons (Fsp3) is 0.242. The molecule has 0 saturated carbocycles. The number of aryl methyl sites for hydroxylation is 2. The lowest BCUT2D eigenvalue weighted by Crippen LogP contribution is -2.43. The van der Waals surface area contributed by atoms with Crippen LogP contribution < -0.4 is 10.1 Å². The van der Waals surface area contributed by atoms with Gasteiger partial charge in [-0.05, 0) is 79.8 Å². The number of hydrogen-bond donors (Lipinski definition) is 2. The van der Waals surface area contributed by atoms with E-state index in [0.29, 0.717) is 29.0 Å². The summed E-state index contributed by atoms with van der Waals surface area (Å²) < 4.78 is 53.2. The second-order valence-electron chi connectivity index (χ2n) is 11.5. The van der Waals surface area contributed by atoms with Crippen molar-refractivity contribution < 1.29 is 37.0 Å². The number of hydrogen-bond acceptors (Lipinski definition) is 9. The molecule has 0 spiro atoms. The summed E-state index contributed by atoms with van der Waals surface area (Å²) >= 11 is 0. The number of carboxylic acid groups (broad SMARTS) is 1. The van der Waals surface area contributed by atoms with Gasteiger partial charge in [0.2, 0.25) is 0 Å². The molecular formula is C33H28F4N8O4. The van der Waals surface area contributed by atoms with Crippen LogP contribution in [0.3, 0.4) is 0 Å². The molecule has 0 radical (unpaired) electrons. The third kappa shape index (κ3) is 6.88. The van der Waals surface area contributed by atoms with Crippen molar-refractivity contribution in [3.8, 4) is 11.5 Å². The molecule has 0 aliphatic carbocycles. The van der Waals surface area contributed by atoms with Crippen molar-refractivity contribution in [3.05, 3.63) is 84.6 Å². The number of halogens is 4. The number of rotatable bonds is 6. The molecule has 2 bridgehead atoms. The van der Waals surface area contributed by atoms with Crippen LogP contribution in [0.4, 0.5) is 29.1 Å². The van der Waals surface area contributed by atoms with Crippen molar-refractivity contribution in [3.63, 3.8) is 0 Å². The van der Waals surface area contributed by atoms with Gasteiger partial charge in [0.1, 0.15) is 28.9 Å². The average molecular weight is 677 g/mol. The molecule has 2 N–H and O–H groups in total. The molecule has 252 valence electrons. The Hall–Kier alpha value is -5.93. The van der Waals surface area contributed by atoms with Crippen molar-refractivity contribution in [2.45, 2.75) is 44.4 Å². The lowest BCUT2D eigenvalue weighted by Gasteiger charge is -2.33. The Labute approximate surface area is 275 Å². The quantitative estimate of drug-likeness (QED) is 0.153. The van der Waals surface area contributed by atoms with Crippen molar-refractivity contribution in [2.24, 2.45) is 7.05 Å². The van der Waals surface area contributed by atoms with Crippen LogP contribution in [0.25, 0.3) is 27.6 Å². The van der Waals surface area contributed by atoms with Crippen molar-refractivity contribution >= 4 is 51.0 Å². The molecule has 2 aliphatic rings. The highest BCUT2D eigenvalue weighted by atomic mass is 19.4. The van der Waals surface area contributed by atoms with E-state index in [1.165, 1.54) is 6.33 Å². The minimum absolute atomic E-state index is 0.0663. The number of carbonyl (C=O) groups is 2. The first-order chi connectivity index (χ1) is 23.3. The molecule has 49 heavy (non-hydrogen) atoms. The minimum atomic E-state index is -5.08. The van der Waals surface area contributed by atoms with Gasteiger partial charge in [0, 0.05) is 24.8 Å². The SMILES string of the molecule is C=C(F)C(=O)N1C2C=C(c3ccc4ncnc(Nc5ccc(Oc6ccc7c(c6)nnn7C)c(C)c5)c4n3)CC1CC2.O=C(O)C(F)(F)F. The maximum atomic E-state index is 13.6. The highest BCUT2D eigenvalue weighted by molar-refractivity contribution is 5.93. The summed E-state index contributed by atoms with van der Waals surface area (Å²) in [6.07, 6.45) is 0.673. The van der Waals surface area contributed by atoms with Gasteiger partial charge in [0.15, 0.2) is 11.6 Å². The zero-order valence-electron chi connectivity index (χ0n) is 26.1. The second kappa shape index (κ2) is 12.9. The van der Waals surface area contributed by atoms with Crippen molar-refractivity contribution in [1.29, 1.82) is 0 Å². The number of carboxylic acids is 1. The molecular weight excluding hydrogens is 648 g/mol. The summed E-state index contributed by atoms with van der Waals surface area (Å²) in [5.41, 5.74) is 6.62. The van der Waals surface area contributed by atoms with Gasteiger partial charge < -0.3 is 20.1 Å². The minimum Gasteiger partial charge on any atom is -0.475 e. The van der Waals surface area contributed by atoms with Gasteiger partial charge in [-0.3, -0.25) is 4.79 Å². The average Bonchev–Trinajstić information content (AvgIpc) is 3.55. The lowest BCUT2D eigenvalue weighted by atomic mass is 9.97. The van der Waals surface area contributed by atoms with Gasteiger partial charge in [-0.25, -0.2) is 28.8 Å². The Morgan fingerprint density at radius 2 is 1.84 bits per heavy atom. The molecule has 2 aliphatic heterocycles. The van der Waals surface area contributed by atoms with Crippen LogP contribution in [-0.2, 0) is 16.6 Å². The maximum Gasteiger partial charge on any atom is 0.490 e. The monoisotopic (exact) mass is 676 g/mol. The first kappa shape index (κ1) is 33.0. The van der Waals surface area contributed by atoms with Crippen LogP contribution in [0.5, 0.6) is 11.5 Å². The van der Waals surface area contributed by atoms with E-state index in [0.717, 1.165) is 52.1 Å². The normalized spacial score (nSPS) is 16.9. The molecule has 2 aromatic carbocycles. The number of benzene rings is 2. The Morgan fingerprint density at radius 1 is 1.06 bits per heavy atom. The van der Waals surface area contributed by atoms with E-state index in [9.17, 15) is 22.4 Å². The summed E-state index contributed by atoms with van der Waals surface area (Å²) in [7, 11) is 1.85. The number of nitrogens with one attached hydrogen (secondary N) is 1. The smallest absolute Gasteiger partial charge is 0.475 e. The molecule has 1 saturated heterocycles. The van der Waals surface area contributed by atoms with E-state index in [-0.39, 0.29) is 12.1 Å². The summed E-state index contributed by atoms with van der Waals surface area (Å²) in [4.78, 5) is 36.7. The summed E-state index contributed by atoms with van der Waals surface area (Å²) in [6.45, 7) is 5.18. The van der Waals surface area contributed by atoms with Crippen molar-refractivity contribution in [1.82, 2.24) is 34.8 Å². The number of fused-ring (bicyclic) bond motifs is 4. The van der Waals surface area contributed by atoms with Crippen LogP contribution in [0.15, 0.2) is 73.3 Å². The third-order valence-electron chi connectivity index (χ3n) is 8.16. The van der Waals surface area contributed by atoms with E-state index >= 15 is 0 Å². The van der Waals surface area contributed by atoms with E-state index in [4.69, 9.17) is 19.6 Å². The molecule has 5 aromatic rings. The fourth-order valence-electron chi connectivity index (χ4n) is 5.88. The van der Waals surface area contributed by atoms with Crippen LogP contribution in [0, 0.1) is 6.92 Å². The predicted octanol–water partition coefficient (Wildman–Crippen LogP) is 6.41. The Bertz CT molecular complexity index is 2150. The van der Waals surface area contributed by atoms with Gasteiger partial charge in [-0.2, -0.15) is 13.2 Å². The van der Waals surface area contributed by atoms with Gasteiger partial charge in [0.05, 0.1) is 22.8 Å². The number of nitrogens with zero attached hydrogens (tertiary/aromatic N) is 7. The molecule has 2 unspecified atom stereocenters. The Balaban J connectivity index is 0.000000540. The predicted molar refractivity (Wildman–Crippen MR) is 171 cm³/mol. The summed E-state index contributed by atoms with van der Waals surface area (Å²) in [5.74, 6) is -2.32. The number of ether oxygens (including phenoxy) is 1. The number of aromatic nitrogens is 6.